The van der Waals surface area contributed by atoms with E-state index in [1.165, 1.54) is 7.11 Å². The summed E-state index contributed by atoms with van der Waals surface area (Å²) in [5, 5.41) is 12.1. The van der Waals surface area contributed by atoms with Crippen molar-refractivity contribution >= 4 is 27.8 Å². The molecular weight excluding hydrogens is 450 g/mol. The highest BCUT2D eigenvalue weighted by atomic mass is 79.9. The number of carbonyl (C=O) groups is 2. The van der Waals surface area contributed by atoms with Crippen LogP contribution in [0, 0.1) is 11.8 Å². The molecule has 158 valence electrons. The molecule has 0 heterocycles. The Hall–Kier alpha value is -2.82. The van der Waals surface area contributed by atoms with Crippen molar-refractivity contribution < 1.29 is 24.2 Å². The lowest BCUT2D eigenvalue weighted by atomic mass is 10.0. The van der Waals surface area contributed by atoms with E-state index in [1.54, 1.807) is 32.0 Å². The van der Waals surface area contributed by atoms with Gasteiger partial charge in [-0.25, -0.2) is 4.79 Å². The van der Waals surface area contributed by atoms with Crippen molar-refractivity contribution in [2.45, 2.75) is 39.0 Å². The van der Waals surface area contributed by atoms with Crippen LogP contribution < -0.4 is 10.1 Å². The highest BCUT2D eigenvalue weighted by Crippen LogP contribution is 2.21. The van der Waals surface area contributed by atoms with Gasteiger partial charge in [0.1, 0.15) is 5.75 Å². The van der Waals surface area contributed by atoms with E-state index in [0.717, 1.165) is 21.2 Å². The Morgan fingerprint density at radius 2 is 1.97 bits per heavy atom. The van der Waals surface area contributed by atoms with Crippen LogP contribution in [-0.2, 0) is 27.3 Å². The Morgan fingerprint density at radius 3 is 2.60 bits per heavy atom. The monoisotopic (exact) mass is 473 g/mol. The van der Waals surface area contributed by atoms with Crippen LogP contribution in [0.15, 0.2) is 46.9 Å². The van der Waals surface area contributed by atoms with Crippen LogP contribution in [0.4, 0.5) is 0 Å². The van der Waals surface area contributed by atoms with Gasteiger partial charge in [0.2, 0.25) is 0 Å². The maximum Gasteiger partial charge on any atom is 0.333 e. The Morgan fingerprint density at radius 1 is 1.20 bits per heavy atom. The first-order valence-electron chi connectivity index (χ1n) is 9.38. The van der Waals surface area contributed by atoms with Crippen LogP contribution in [0.3, 0.4) is 0 Å². The zero-order chi connectivity index (χ0) is 22.1. The molecule has 1 amide bonds. The van der Waals surface area contributed by atoms with Gasteiger partial charge in [-0.3, -0.25) is 4.79 Å². The first-order valence-corrected chi connectivity index (χ1v) is 10.2. The molecule has 2 N–H and O–H groups in total. The molecule has 0 aromatic heterocycles. The molecule has 1 atom stereocenters. The molecule has 30 heavy (non-hydrogen) atoms. The van der Waals surface area contributed by atoms with Crippen molar-refractivity contribution in [3.63, 3.8) is 0 Å². The third-order valence-electron chi connectivity index (χ3n) is 4.06. The van der Waals surface area contributed by atoms with E-state index in [4.69, 9.17) is 9.47 Å². The molecule has 1 unspecified atom stereocenters. The number of benzene rings is 2. The standard InChI is InChI=1S/C23H24BrNO5/c1-15(2)30-21(23(27)28)13-17-7-9-20(29-3)18(11-17)14-25-22(26)10-8-16-5-4-6-19(24)12-16/h4-7,9,11-12,15,21H,13-14H2,1-3H3,(H,25,26)(H,27,28). The second-order valence-electron chi connectivity index (χ2n) is 6.81. The van der Waals surface area contributed by atoms with Crippen molar-refractivity contribution in [3.8, 4) is 17.6 Å². The van der Waals surface area contributed by atoms with Gasteiger partial charge in [0.15, 0.2) is 6.10 Å². The minimum atomic E-state index is -1.02. The Kier molecular flexibility index (Phi) is 8.90. The Balaban J connectivity index is 2.08. The number of aliphatic carboxylic acids is 1. The van der Waals surface area contributed by atoms with Gasteiger partial charge in [0, 0.05) is 34.5 Å². The fourth-order valence-electron chi connectivity index (χ4n) is 2.75. The number of methoxy groups -OCH3 is 1. The topological polar surface area (TPSA) is 84.9 Å². The second kappa shape index (κ2) is 11.4. The van der Waals surface area contributed by atoms with E-state index >= 15 is 0 Å². The van der Waals surface area contributed by atoms with Crippen LogP contribution in [0.5, 0.6) is 5.75 Å². The Labute approximate surface area is 184 Å². The molecule has 0 saturated heterocycles. The zero-order valence-corrected chi connectivity index (χ0v) is 18.7. The van der Waals surface area contributed by atoms with E-state index in [-0.39, 0.29) is 19.1 Å². The summed E-state index contributed by atoms with van der Waals surface area (Å²) >= 11 is 3.36. The van der Waals surface area contributed by atoms with Gasteiger partial charge < -0.3 is 19.9 Å². The van der Waals surface area contributed by atoms with Crippen molar-refractivity contribution in [1.82, 2.24) is 5.32 Å². The van der Waals surface area contributed by atoms with Crippen molar-refractivity contribution in [1.29, 1.82) is 0 Å². The lowest BCUT2D eigenvalue weighted by Gasteiger charge is -2.17. The summed E-state index contributed by atoms with van der Waals surface area (Å²) in [5.74, 6) is 4.53. The summed E-state index contributed by atoms with van der Waals surface area (Å²) in [5.41, 5.74) is 2.22. The number of rotatable bonds is 8. The fourth-order valence-corrected chi connectivity index (χ4v) is 3.15. The molecule has 6 nitrogen and oxygen atoms in total. The third-order valence-corrected chi connectivity index (χ3v) is 4.56. The predicted molar refractivity (Wildman–Crippen MR) is 117 cm³/mol. The van der Waals surface area contributed by atoms with Gasteiger partial charge in [-0.1, -0.05) is 40.0 Å². The van der Waals surface area contributed by atoms with Gasteiger partial charge in [0.25, 0.3) is 5.91 Å². The van der Waals surface area contributed by atoms with Gasteiger partial charge in [-0.2, -0.15) is 0 Å². The summed E-state index contributed by atoms with van der Waals surface area (Å²) in [7, 11) is 1.54. The van der Waals surface area contributed by atoms with Gasteiger partial charge in [-0.15, -0.1) is 0 Å². The lowest BCUT2D eigenvalue weighted by molar-refractivity contribution is -0.153. The fraction of sp³-hybridized carbons (Fsp3) is 0.304. The highest BCUT2D eigenvalue weighted by molar-refractivity contribution is 9.10. The normalized spacial score (nSPS) is 11.4. The predicted octanol–water partition coefficient (Wildman–Crippen LogP) is 3.55. The van der Waals surface area contributed by atoms with Crippen molar-refractivity contribution in [3.05, 3.63) is 63.6 Å². The number of amides is 1. The average Bonchev–Trinajstić information content (AvgIpc) is 2.70. The number of carboxylic acids is 1. The molecule has 0 saturated carbocycles. The number of ether oxygens (including phenoxy) is 2. The largest absolute Gasteiger partial charge is 0.496 e. The van der Waals surface area contributed by atoms with Gasteiger partial charge >= 0.3 is 5.97 Å². The van der Waals surface area contributed by atoms with Crippen molar-refractivity contribution in [2.75, 3.05) is 7.11 Å². The molecule has 7 heteroatoms. The SMILES string of the molecule is COc1ccc(CC(OC(C)C)C(=O)O)cc1CNC(=O)C#Cc1cccc(Br)c1. The van der Waals surface area contributed by atoms with E-state index in [9.17, 15) is 14.7 Å². The van der Waals surface area contributed by atoms with Crippen molar-refractivity contribution in [2.24, 2.45) is 0 Å². The molecule has 0 aliphatic rings. The zero-order valence-electron chi connectivity index (χ0n) is 17.1. The maximum absolute atomic E-state index is 12.1. The number of hydrogen-bond acceptors (Lipinski definition) is 4. The third kappa shape index (κ3) is 7.54. The summed E-state index contributed by atoms with van der Waals surface area (Å²) in [6, 6.07) is 12.7. The molecule has 0 aliphatic carbocycles. The summed E-state index contributed by atoms with van der Waals surface area (Å²) in [4.78, 5) is 23.6. The first-order chi connectivity index (χ1) is 14.3. The maximum atomic E-state index is 12.1. The number of carboxylic acid groups (broad SMARTS) is 1. The summed E-state index contributed by atoms with van der Waals surface area (Å²) in [6.45, 7) is 3.78. The minimum Gasteiger partial charge on any atom is -0.496 e. The highest BCUT2D eigenvalue weighted by Gasteiger charge is 2.20. The summed E-state index contributed by atoms with van der Waals surface area (Å²) < 4.78 is 11.7. The smallest absolute Gasteiger partial charge is 0.333 e. The van der Waals surface area contributed by atoms with E-state index in [2.05, 4.69) is 33.1 Å². The minimum absolute atomic E-state index is 0.200. The molecule has 0 radical (unpaired) electrons. The number of nitrogens with one attached hydrogen (secondary N) is 1. The molecule has 2 aromatic rings. The number of halogens is 1. The quantitative estimate of drug-likeness (QED) is 0.572. The molecule has 2 rings (SSSR count). The van der Waals surface area contributed by atoms with Gasteiger partial charge in [0.05, 0.1) is 13.2 Å². The van der Waals surface area contributed by atoms with Crippen LogP contribution in [0.1, 0.15) is 30.5 Å². The molecular formula is C23H24BrNO5. The van der Waals surface area contributed by atoms with E-state index in [1.807, 2.05) is 24.3 Å². The Bertz CT molecular complexity index is 962. The number of carbonyl (C=O) groups excluding carboxylic acids is 1. The first kappa shape index (κ1) is 23.5. The van der Waals surface area contributed by atoms with Crippen LogP contribution >= 0.6 is 15.9 Å². The molecule has 0 fully saturated rings. The average molecular weight is 474 g/mol. The molecule has 0 spiro atoms. The second-order valence-corrected chi connectivity index (χ2v) is 7.72. The number of hydrogen-bond donors (Lipinski definition) is 2. The van der Waals surface area contributed by atoms with Crippen LogP contribution in [0.25, 0.3) is 0 Å². The van der Waals surface area contributed by atoms with Gasteiger partial charge in [-0.05, 0) is 43.7 Å². The van der Waals surface area contributed by atoms with Crippen LogP contribution in [0.2, 0.25) is 0 Å². The molecule has 0 aliphatic heterocycles. The molecule has 0 bridgehead atoms. The van der Waals surface area contributed by atoms with E-state index < -0.39 is 18.0 Å². The molecule has 2 aromatic carbocycles. The van der Waals surface area contributed by atoms with Crippen LogP contribution in [-0.4, -0.2) is 36.3 Å². The summed E-state index contributed by atoms with van der Waals surface area (Å²) in [6.07, 6.45) is -0.940. The van der Waals surface area contributed by atoms with E-state index in [0.29, 0.717) is 5.75 Å². The lowest BCUT2D eigenvalue weighted by Crippen LogP contribution is -2.29.